The van der Waals surface area contributed by atoms with Gasteiger partial charge in [-0.2, -0.15) is 0 Å². The van der Waals surface area contributed by atoms with Gasteiger partial charge in [-0.1, -0.05) is 97.2 Å². The third-order valence-electron chi connectivity index (χ3n) is 10.8. The highest BCUT2D eigenvalue weighted by Crippen LogP contribution is 2.44. The summed E-state index contributed by atoms with van der Waals surface area (Å²) in [6.45, 7) is 0. The molecule has 0 saturated carbocycles. The number of hydrogen-bond donors (Lipinski definition) is 1. The summed E-state index contributed by atoms with van der Waals surface area (Å²) in [5, 5.41) is 4.03. The fraction of sp³-hybridized carbons (Fsp3) is 0.0638. The Hall–Kier alpha value is -7.12. The van der Waals surface area contributed by atoms with Crippen molar-refractivity contribution < 1.29 is 19.2 Å². The summed E-state index contributed by atoms with van der Waals surface area (Å²) in [7, 11) is 0. The second-order valence-electron chi connectivity index (χ2n) is 13.9. The molecule has 10 rings (SSSR count). The Morgan fingerprint density at radius 3 is 1.87 bits per heavy atom. The summed E-state index contributed by atoms with van der Waals surface area (Å²) in [6, 6.07) is 27.5. The van der Waals surface area contributed by atoms with Crippen molar-refractivity contribution in [3.8, 4) is 0 Å². The molecule has 0 unspecified atom stereocenters. The minimum atomic E-state index is -0.543. The van der Waals surface area contributed by atoms with Crippen LogP contribution in [0.25, 0.3) is 21.9 Å². The highest BCUT2D eigenvalue weighted by atomic mass is 16.2. The lowest BCUT2D eigenvalue weighted by atomic mass is 9.84. The summed E-state index contributed by atoms with van der Waals surface area (Å²) in [4.78, 5) is 60.3. The van der Waals surface area contributed by atoms with E-state index in [1.54, 1.807) is 42.5 Å². The van der Waals surface area contributed by atoms with Gasteiger partial charge in [0.25, 0.3) is 23.6 Å². The average molecular weight is 702 g/mol. The summed E-state index contributed by atoms with van der Waals surface area (Å²) < 4.78 is 0. The lowest BCUT2D eigenvalue weighted by Gasteiger charge is -2.33. The molecule has 0 radical (unpaired) electrons. The zero-order chi connectivity index (χ0) is 36.5. The molecule has 5 aromatic rings. The van der Waals surface area contributed by atoms with E-state index in [-0.39, 0.29) is 28.2 Å². The molecule has 4 amide bonds. The van der Waals surface area contributed by atoms with Crippen LogP contribution in [0.1, 0.15) is 76.9 Å². The SMILES string of the molecule is O=C1c2ccc3c4c(c(Nc5ccc(C6=CC=CC6)cc5)cc(c24)C(=O)N1c1ccc(C2=CCC=C2)cc1)C(=O)N(c1ccc(C2C=CC=C2)cc1)C3=O. The van der Waals surface area contributed by atoms with Crippen molar-refractivity contribution in [2.45, 2.75) is 18.8 Å². The van der Waals surface area contributed by atoms with E-state index in [1.807, 2.05) is 66.8 Å². The zero-order valence-corrected chi connectivity index (χ0v) is 29.0. The van der Waals surface area contributed by atoms with E-state index in [1.165, 1.54) is 15.4 Å². The Kier molecular flexibility index (Phi) is 7.17. The maximum atomic E-state index is 14.8. The van der Waals surface area contributed by atoms with Gasteiger partial charge in [-0.05, 0) is 95.3 Å². The molecule has 0 saturated heterocycles. The van der Waals surface area contributed by atoms with Crippen molar-refractivity contribution in [1.29, 1.82) is 0 Å². The number of amides is 4. The van der Waals surface area contributed by atoms with E-state index in [9.17, 15) is 19.2 Å². The molecule has 2 heterocycles. The van der Waals surface area contributed by atoms with Crippen molar-refractivity contribution in [3.05, 3.63) is 191 Å². The van der Waals surface area contributed by atoms with Gasteiger partial charge in [-0.15, -0.1) is 0 Å². The van der Waals surface area contributed by atoms with Crippen LogP contribution >= 0.6 is 0 Å². The first-order chi connectivity index (χ1) is 26.4. The van der Waals surface area contributed by atoms with Gasteiger partial charge in [0.05, 0.1) is 28.2 Å². The fourth-order valence-corrected chi connectivity index (χ4v) is 8.10. The molecule has 5 aromatic carbocycles. The summed E-state index contributed by atoms with van der Waals surface area (Å²) in [6.07, 6.45) is 22.4. The first kappa shape index (κ1) is 31.6. The molecular weight excluding hydrogens is 671 g/mol. The lowest BCUT2D eigenvalue weighted by Crippen LogP contribution is -2.43. The largest absolute Gasteiger partial charge is 0.355 e. The van der Waals surface area contributed by atoms with Crippen LogP contribution in [0.15, 0.2) is 152 Å². The molecule has 5 aliphatic rings. The van der Waals surface area contributed by atoms with Crippen molar-refractivity contribution in [2.24, 2.45) is 0 Å². The quantitative estimate of drug-likeness (QED) is 0.171. The third-order valence-corrected chi connectivity index (χ3v) is 10.8. The molecule has 1 N–H and O–H groups in total. The van der Waals surface area contributed by atoms with Gasteiger partial charge in [-0.25, -0.2) is 9.80 Å². The Morgan fingerprint density at radius 2 is 1.22 bits per heavy atom. The number of carbonyl (C=O) groups excluding carboxylic acids is 4. The maximum absolute atomic E-state index is 14.8. The van der Waals surface area contributed by atoms with Crippen LogP contribution in [-0.2, 0) is 0 Å². The fourth-order valence-electron chi connectivity index (χ4n) is 8.10. The van der Waals surface area contributed by atoms with Gasteiger partial charge in [0, 0.05) is 33.5 Å². The number of anilines is 4. The maximum Gasteiger partial charge on any atom is 0.268 e. The average Bonchev–Trinajstić information content (AvgIpc) is 4.03. The summed E-state index contributed by atoms with van der Waals surface area (Å²) in [5.74, 6) is -1.99. The molecule has 7 heteroatoms. The Balaban J connectivity index is 1.10. The smallest absolute Gasteiger partial charge is 0.268 e. The van der Waals surface area contributed by atoms with E-state index in [0.717, 1.165) is 35.1 Å². The van der Waals surface area contributed by atoms with Crippen LogP contribution in [0.5, 0.6) is 0 Å². The van der Waals surface area contributed by atoms with Crippen LogP contribution in [0.2, 0.25) is 0 Å². The topological polar surface area (TPSA) is 86.8 Å². The number of nitrogens with one attached hydrogen (secondary N) is 1. The molecular formula is C47H31N3O4. The molecule has 0 aromatic heterocycles. The van der Waals surface area contributed by atoms with Crippen molar-refractivity contribution in [3.63, 3.8) is 0 Å². The van der Waals surface area contributed by atoms with Gasteiger partial charge in [0.15, 0.2) is 0 Å². The molecule has 54 heavy (non-hydrogen) atoms. The van der Waals surface area contributed by atoms with E-state index in [0.29, 0.717) is 33.5 Å². The third kappa shape index (κ3) is 4.89. The zero-order valence-electron chi connectivity index (χ0n) is 29.0. The van der Waals surface area contributed by atoms with Crippen LogP contribution < -0.4 is 15.1 Å². The van der Waals surface area contributed by atoms with Crippen LogP contribution in [0.3, 0.4) is 0 Å². The first-order valence-electron chi connectivity index (χ1n) is 18.0. The number of nitrogens with zero attached hydrogens (tertiary/aromatic N) is 2. The van der Waals surface area contributed by atoms with E-state index in [2.05, 4.69) is 47.8 Å². The van der Waals surface area contributed by atoms with Gasteiger partial charge in [0.1, 0.15) is 0 Å². The van der Waals surface area contributed by atoms with Gasteiger partial charge in [-0.3, -0.25) is 19.2 Å². The second kappa shape index (κ2) is 12.2. The second-order valence-corrected chi connectivity index (χ2v) is 13.9. The molecule has 0 atom stereocenters. The Morgan fingerprint density at radius 1 is 0.593 bits per heavy atom. The standard InChI is InChI=1S/C47H31N3O4/c51-44-37-25-26-38-42-41(37)39(46(53)49(44)35-21-15-32(16-22-35)29-9-3-4-10-29)27-40(48-34-19-13-31(14-20-34)28-7-1-2-8-28)43(42)47(54)50(45(38)52)36-23-17-33(18-24-36)30-11-5-6-12-30/h1-3,5-7,9-27,30,48H,4,8H2. The highest BCUT2D eigenvalue weighted by molar-refractivity contribution is 6.43. The van der Waals surface area contributed by atoms with Crippen LogP contribution in [0, 0.1) is 0 Å². The molecule has 258 valence electrons. The minimum absolute atomic E-state index is 0.126. The summed E-state index contributed by atoms with van der Waals surface area (Å²) in [5.41, 5.74) is 8.28. The van der Waals surface area contributed by atoms with E-state index in [4.69, 9.17) is 0 Å². The number of allylic oxidation sites excluding steroid dienone is 12. The number of imide groups is 2. The molecule has 2 aliphatic heterocycles. The number of carbonyl (C=O) groups is 4. The van der Waals surface area contributed by atoms with E-state index < -0.39 is 23.6 Å². The van der Waals surface area contributed by atoms with Crippen molar-refractivity contribution in [2.75, 3.05) is 15.1 Å². The van der Waals surface area contributed by atoms with Gasteiger partial charge >= 0.3 is 0 Å². The molecule has 0 fully saturated rings. The predicted molar refractivity (Wildman–Crippen MR) is 213 cm³/mol. The number of hydrogen-bond acceptors (Lipinski definition) is 5. The van der Waals surface area contributed by atoms with Gasteiger partial charge in [0.2, 0.25) is 0 Å². The van der Waals surface area contributed by atoms with Crippen LogP contribution in [0.4, 0.5) is 22.7 Å². The molecule has 0 bridgehead atoms. The molecule has 3 aliphatic carbocycles. The molecule has 0 spiro atoms. The summed E-state index contributed by atoms with van der Waals surface area (Å²) >= 11 is 0. The number of rotatable bonds is 7. The Labute approximate surface area is 311 Å². The highest BCUT2D eigenvalue weighted by Gasteiger charge is 2.42. The molecule has 7 nitrogen and oxygen atoms in total. The normalized spacial score (nSPS) is 17.0. The first-order valence-corrected chi connectivity index (χ1v) is 18.0. The monoisotopic (exact) mass is 701 g/mol. The van der Waals surface area contributed by atoms with Crippen molar-refractivity contribution >= 4 is 68.3 Å². The minimum Gasteiger partial charge on any atom is -0.355 e. The predicted octanol–water partition coefficient (Wildman–Crippen LogP) is 10.1. The van der Waals surface area contributed by atoms with Crippen LogP contribution in [-0.4, -0.2) is 23.6 Å². The Bertz CT molecular complexity index is 2680. The number of benzene rings is 5. The van der Waals surface area contributed by atoms with E-state index >= 15 is 0 Å². The van der Waals surface area contributed by atoms with Gasteiger partial charge < -0.3 is 5.32 Å². The lowest BCUT2D eigenvalue weighted by molar-refractivity contribution is 0.0873. The van der Waals surface area contributed by atoms with Crippen molar-refractivity contribution in [1.82, 2.24) is 0 Å².